The minimum Gasteiger partial charge on any atom is -0.394 e. The van der Waals surface area contributed by atoms with Crippen LogP contribution >= 0.6 is 11.3 Å². The van der Waals surface area contributed by atoms with E-state index in [0.717, 1.165) is 42.8 Å². The number of aliphatic hydroxyl groups excluding tert-OH is 1. The lowest BCUT2D eigenvalue weighted by Crippen LogP contribution is -2.53. The highest BCUT2D eigenvalue weighted by Crippen LogP contribution is 2.28. The van der Waals surface area contributed by atoms with Gasteiger partial charge in [-0.15, -0.1) is 11.3 Å². The molecule has 1 aromatic rings. The molecule has 0 unspecified atom stereocenters. The van der Waals surface area contributed by atoms with Crippen molar-refractivity contribution >= 4 is 17.4 Å². The van der Waals surface area contributed by atoms with E-state index in [4.69, 9.17) is 0 Å². The summed E-state index contributed by atoms with van der Waals surface area (Å²) in [5.74, 6) is 0. The number of thiazole rings is 1. The highest BCUT2D eigenvalue weighted by molar-refractivity contribution is 7.11. The van der Waals surface area contributed by atoms with Crippen molar-refractivity contribution in [1.82, 2.24) is 15.6 Å². The number of carbonyl (C=O) groups excluding carboxylic acids is 1. The minimum absolute atomic E-state index is 0.0214. The molecule has 3 N–H and O–H groups in total. The lowest BCUT2D eigenvalue weighted by molar-refractivity contribution is 0.163. The van der Waals surface area contributed by atoms with Gasteiger partial charge in [0.2, 0.25) is 0 Å². The second-order valence-corrected chi connectivity index (χ2v) is 6.81. The normalized spacial score (nSPS) is 17.1. The number of carbonyl (C=O) groups is 1. The molecular formula is C14H23N3O2S. The van der Waals surface area contributed by atoms with Crippen molar-refractivity contribution in [3.05, 3.63) is 15.6 Å². The van der Waals surface area contributed by atoms with Crippen LogP contribution in [0.2, 0.25) is 0 Å². The number of hydrogen-bond donors (Lipinski definition) is 3. The third kappa shape index (κ3) is 3.70. The van der Waals surface area contributed by atoms with E-state index in [9.17, 15) is 9.90 Å². The van der Waals surface area contributed by atoms with E-state index in [2.05, 4.69) is 15.6 Å². The van der Waals surface area contributed by atoms with E-state index < -0.39 is 5.54 Å². The zero-order valence-electron chi connectivity index (χ0n) is 12.2. The molecule has 6 heteroatoms. The third-order valence-corrected chi connectivity index (χ3v) is 5.01. The third-order valence-electron chi connectivity index (χ3n) is 3.88. The van der Waals surface area contributed by atoms with Gasteiger partial charge in [-0.3, -0.25) is 0 Å². The Morgan fingerprint density at radius 1 is 1.40 bits per heavy atom. The number of urea groups is 1. The Hall–Kier alpha value is -1.14. The molecule has 1 aromatic heterocycles. The van der Waals surface area contributed by atoms with Gasteiger partial charge in [0.25, 0.3) is 0 Å². The van der Waals surface area contributed by atoms with Crippen LogP contribution in [0.1, 0.15) is 41.3 Å². The predicted octanol–water partition coefficient (Wildman–Crippen LogP) is 1.91. The predicted molar refractivity (Wildman–Crippen MR) is 80.1 cm³/mol. The van der Waals surface area contributed by atoms with Crippen molar-refractivity contribution in [2.75, 3.05) is 13.2 Å². The summed E-state index contributed by atoms with van der Waals surface area (Å²) in [7, 11) is 0. The molecule has 1 heterocycles. The summed E-state index contributed by atoms with van der Waals surface area (Å²) < 4.78 is 0. The van der Waals surface area contributed by atoms with Gasteiger partial charge in [-0.2, -0.15) is 0 Å². The molecule has 0 bridgehead atoms. The smallest absolute Gasteiger partial charge is 0.315 e. The van der Waals surface area contributed by atoms with Gasteiger partial charge in [0.1, 0.15) is 0 Å². The molecule has 2 amide bonds. The molecule has 0 atom stereocenters. The first-order chi connectivity index (χ1) is 9.54. The van der Waals surface area contributed by atoms with Crippen molar-refractivity contribution in [3.8, 4) is 0 Å². The van der Waals surface area contributed by atoms with Gasteiger partial charge < -0.3 is 15.7 Å². The molecule has 20 heavy (non-hydrogen) atoms. The van der Waals surface area contributed by atoms with E-state index in [1.807, 2.05) is 13.8 Å². The lowest BCUT2D eigenvalue weighted by Gasteiger charge is -2.27. The molecule has 0 saturated heterocycles. The summed E-state index contributed by atoms with van der Waals surface area (Å²) >= 11 is 1.68. The Kier molecular flexibility index (Phi) is 4.99. The summed E-state index contributed by atoms with van der Waals surface area (Å²) in [6, 6.07) is -0.181. The molecule has 1 aliphatic rings. The molecule has 0 spiro atoms. The fraction of sp³-hybridized carbons (Fsp3) is 0.714. The average Bonchev–Trinajstić information content (AvgIpc) is 2.98. The van der Waals surface area contributed by atoms with Crippen LogP contribution < -0.4 is 10.6 Å². The molecule has 112 valence electrons. The number of nitrogens with one attached hydrogen (secondary N) is 2. The van der Waals surface area contributed by atoms with Gasteiger partial charge in [-0.1, -0.05) is 12.8 Å². The summed E-state index contributed by atoms with van der Waals surface area (Å²) in [6.07, 6.45) is 4.67. The molecule has 0 aromatic carbocycles. The minimum atomic E-state index is -0.402. The summed E-state index contributed by atoms with van der Waals surface area (Å²) in [6.45, 7) is 4.61. The quantitative estimate of drug-likeness (QED) is 0.777. The van der Waals surface area contributed by atoms with Crippen LogP contribution in [-0.2, 0) is 6.42 Å². The summed E-state index contributed by atoms with van der Waals surface area (Å²) in [5, 5.41) is 16.3. The lowest BCUT2D eigenvalue weighted by atomic mass is 9.99. The number of nitrogens with zero attached hydrogens (tertiary/aromatic N) is 1. The topological polar surface area (TPSA) is 74.2 Å². The van der Waals surface area contributed by atoms with Crippen molar-refractivity contribution in [2.45, 2.75) is 51.5 Å². The number of amides is 2. The second-order valence-electron chi connectivity index (χ2n) is 5.52. The maximum atomic E-state index is 11.9. The molecule has 1 fully saturated rings. The SMILES string of the molecule is Cc1nc(C)c(CCNC(=O)NC2(CO)CCCC2)s1. The first-order valence-corrected chi connectivity index (χ1v) is 7.96. The average molecular weight is 297 g/mol. The van der Waals surface area contributed by atoms with Crippen LogP contribution in [0.4, 0.5) is 4.79 Å². The van der Waals surface area contributed by atoms with Gasteiger partial charge >= 0.3 is 6.03 Å². The van der Waals surface area contributed by atoms with E-state index in [1.165, 1.54) is 4.88 Å². The van der Waals surface area contributed by atoms with Crippen molar-refractivity contribution in [2.24, 2.45) is 0 Å². The highest BCUT2D eigenvalue weighted by atomic mass is 32.1. The first-order valence-electron chi connectivity index (χ1n) is 7.14. The first kappa shape index (κ1) is 15.3. The molecule has 1 aliphatic carbocycles. The second kappa shape index (κ2) is 6.54. The summed E-state index contributed by atoms with van der Waals surface area (Å²) in [5.41, 5.74) is 0.651. The number of aromatic nitrogens is 1. The maximum absolute atomic E-state index is 11.9. The standard InChI is InChI=1S/C14H23N3O2S/c1-10-12(20-11(2)16-10)5-8-15-13(19)17-14(9-18)6-3-4-7-14/h18H,3-9H2,1-2H3,(H2,15,17,19). The van der Waals surface area contributed by atoms with Gasteiger partial charge in [-0.05, 0) is 26.7 Å². The number of aliphatic hydroxyl groups is 1. The molecule has 0 radical (unpaired) electrons. The van der Waals surface area contributed by atoms with Gasteiger partial charge in [0.15, 0.2) is 0 Å². The Labute approximate surface area is 123 Å². The highest BCUT2D eigenvalue weighted by Gasteiger charge is 2.34. The van der Waals surface area contributed by atoms with Crippen molar-refractivity contribution < 1.29 is 9.90 Å². The molecule has 2 rings (SSSR count). The Morgan fingerprint density at radius 2 is 2.10 bits per heavy atom. The fourth-order valence-corrected chi connectivity index (χ4v) is 3.69. The fourth-order valence-electron chi connectivity index (χ4n) is 2.75. The number of rotatable bonds is 5. The van der Waals surface area contributed by atoms with E-state index in [0.29, 0.717) is 6.54 Å². The Bertz CT molecular complexity index is 467. The summed E-state index contributed by atoms with van der Waals surface area (Å²) in [4.78, 5) is 17.5. The maximum Gasteiger partial charge on any atom is 0.315 e. The Morgan fingerprint density at radius 3 is 2.65 bits per heavy atom. The van der Waals surface area contributed by atoms with Crippen LogP contribution in [0, 0.1) is 13.8 Å². The van der Waals surface area contributed by atoms with Crippen molar-refractivity contribution in [3.63, 3.8) is 0 Å². The van der Waals surface area contributed by atoms with E-state index >= 15 is 0 Å². The van der Waals surface area contributed by atoms with Gasteiger partial charge in [0, 0.05) is 17.8 Å². The van der Waals surface area contributed by atoms with Crippen LogP contribution in [0.5, 0.6) is 0 Å². The largest absolute Gasteiger partial charge is 0.394 e. The molecule has 5 nitrogen and oxygen atoms in total. The van der Waals surface area contributed by atoms with Gasteiger partial charge in [-0.25, -0.2) is 9.78 Å². The van der Waals surface area contributed by atoms with E-state index in [1.54, 1.807) is 11.3 Å². The molecular weight excluding hydrogens is 274 g/mol. The zero-order valence-corrected chi connectivity index (χ0v) is 13.0. The number of hydrogen-bond acceptors (Lipinski definition) is 4. The van der Waals surface area contributed by atoms with Gasteiger partial charge in [0.05, 0.1) is 22.8 Å². The van der Waals surface area contributed by atoms with Crippen LogP contribution in [0.3, 0.4) is 0 Å². The Balaban J connectivity index is 1.76. The van der Waals surface area contributed by atoms with Crippen LogP contribution in [0.25, 0.3) is 0 Å². The monoisotopic (exact) mass is 297 g/mol. The molecule has 0 aliphatic heterocycles. The van der Waals surface area contributed by atoms with E-state index in [-0.39, 0.29) is 12.6 Å². The number of aryl methyl sites for hydroxylation is 2. The van der Waals surface area contributed by atoms with Crippen LogP contribution in [-0.4, -0.2) is 34.8 Å². The zero-order chi connectivity index (χ0) is 14.6. The van der Waals surface area contributed by atoms with Crippen LogP contribution in [0.15, 0.2) is 0 Å². The molecule has 1 saturated carbocycles. The van der Waals surface area contributed by atoms with Crippen molar-refractivity contribution in [1.29, 1.82) is 0 Å².